The molecule has 0 radical (unpaired) electrons. The largest absolute Gasteiger partial charge is 0.326 e. The Bertz CT molecular complexity index is 471. The standard InChI is InChI=1S/C11H14N2S/c1-7(2)13-8(3)12-10-6-9(14)4-5-11(10)13/h4-7,14H,1-3H3. The zero-order chi connectivity index (χ0) is 10.3. The summed E-state index contributed by atoms with van der Waals surface area (Å²) in [6.45, 7) is 6.38. The van der Waals surface area contributed by atoms with Crippen molar-refractivity contribution in [1.82, 2.24) is 9.55 Å². The van der Waals surface area contributed by atoms with E-state index in [-0.39, 0.29) is 0 Å². The van der Waals surface area contributed by atoms with Crippen LogP contribution in [0, 0.1) is 6.92 Å². The third-order valence-corrected chi connectivity index (χ3v) is 2.64. The number of thiol groups is 1. The lowest BCUT2D eigenvalue weighted by Crippen LogP contribution is -2.02. The van der Waals surface area contributed by atoms with Gasteiger partial charge >= 0.3 is 0 Å². The first-order chi connectivity index (χ1) is 6.59. The topological polar surface area (TPSA) is 17.8 Å². The molecular weight excluding hydrogens is 192 g/mol. The first-order valence-electron chi connectivity index (χ1n) is 4.77. The molecule has 1 aromatic heterocycles. The summed E-state index contributed by atoms with van der Waals surface area (Å²) in [4.78, 5) is 5.47. The summed E-state index contributed by atoms with van der Waals surface area (Å²) in [5, 5.41) is 0. The summed E-state index contributed by atoms with van der Waals surface area (Å²) >= 11 is 4.31. The second-order valence-corrected chi connectivity index (χ2v) is 4.31. The van der Waals surface area contributed by atoms with Gasteiger partial charge in [-0.05, 0) is 39.0 Å². The van der Waals surface area contributed by atoms with Gasteiger partial charge in [-0.3, -0.25) is 0 Å². The van der Waals surface area contributed by atoms with Crippen molar-refractivity contribution in [2.75, 3.05) is 0 Å². The molecule has 3 heteroatoms. The molecule has 0 N–H and O–H groups in total. The minimum atomic E-state index is 0.450. The Balaban J connectivity index is 2.77. The third-order valence-electron chi connectivity index (χ3n) is 2.37. The molecule has 0 unspecified atom stereocenters. The molecule has 2 aromatic rings. The van der Waals surface area contributed by atoms with E-state index in [4.69, 9.17) is 0 Å². The van der Waals surface area contributed by atoms with Crippen LogP contribution < -0.4 is 0 Å². The van der Waals surface area contributed by atoms with Gasteiger partial charge in [-0.1, -0.05) is 0 Å². The Kier molecular flexibility index (Phi) is 2.27. The predicted molar refractivity (Wildman–Crippen MR) is 62.1 cm³/mol. The number of aromatic nitrogens is 2. The van der Waals surface area contributed by atoms with Crippen molar-refractivity contribution in [2.24, 2.45) is 0 Å². The Labute approximate surface area is 89.4 Å². The van der Waals surface area contributed by atoms with E-state index < -0.39 is 0 Å². The van der Waals surface area contributed by atoms with Gasteiger partial charge in [0.05, 0.1) is 11.0 Å². The van der Waals surface area contributed by atoms with Crippen molar-refractivity contribution >= 4 is 23.7 Å². The van der Waals surface area contributed by atoms with E-state index in [0.717, 1.165) is 16.2 Å². The molecule has 0 saturated carbocycles. The highest BCUT2D eigenvalue weighted by Crippen LogP contribution is 2.22. The fourth-order valence-electron chi connectivity index (χ4n) is 1.86. The number of hydrogen-bond acceptors (Lipinski definition) is 2. The van der Waals surface area contributed by atoms with Gasteiger partial charge in [0.2, 0.25) is 0 Å². The van der Waals surface area contributed by atoms with Crippen LogP contribution in [0.5, 0.6) is 0 Å². The second kappa shape index (κ2) is 3.31. The van der Waals surface area contributed by atoms with Gasteiger partial charge in [0.15, 0.2) is 0 Å². The summed E-state index contributed by atoms with van der Waals surface area (Å²) < 4.78 is 2.24. The quantitative estimate of drug-likeness (QED) is 0.709. The number of hydrogen-bond donors (Lipinski definition) is 1. The summed E-state index contributed by atoms with van der Waals surface area (Å²) in [6.07, 6.45) is 0. The monoisotopic (exact) mass is 206 g/mol. The highest BCUT2D eigenvalue weighted by molar-refractivity contribution is 7.80. The fraction of sp³-hybridized carbons (Fsp3) is 0.364. The van der Waals surface area contributed by atoms with Gasteiger partial charge in [-0.25, -0.2) is 4.98 Å². The molecule has 2 rings (SSSR count). The average Bonchev–Trinajstić information content (AvgIpc) is 2.39. The summed E-state index contributed by atoms with van der Waals surface area (Å²) in [5.74, 6) is 1.06. The van der Waals surface area contributed by atoms with E-state index in [1.807, 2.05) is 19.1 Å². The van der Waals surface area contributed by atoms with Crippen LogP contribution in [-0.2, 0) is 0 Å². The molecule has 0 bridgehead atoms. The van der Waals surface area contributed by atoms with E-state index in [1.165, 1.54) is 5.52 Å². The maximum atomic E-state index is 4.51. The Morgan fingerprint density at radius 2 is 2.07 bits per heavy atom. The second-order valence-electron chi connectivity index (χ2n) is 3.80. The lowest BCUT2D eigenvalue weighted by Gasteiger charge is -2.10. The Morgan fingerprint density at radius 3 is 2.71 bits per heavy atom. The molecule has 0 aliphatic heterocycles. The van der Waals surface area contributed by atoms with E-state index >= 15 is 0 Å². The molecule has 1 aromatic carbocycles. The van der Waals surface area contributed by atoms with Crippen LogP contribution in [0.3, 0.4) is 0 Å². The number of imidazole rings is 1. The van der Waals surface area contributed by atoms with Crippen molar-refractivity contribution in [3.05, 3.63) is 24.0 Å². The van der Waals surface area contributed by atoms with E-state index in [9.17, 15) is 0 Å². The summed E-state index contributed by atoms with van der Waals surface area (Å²) in [5.41, 5.74) is 2.22. The van der Waals surface area contributed by atoms with Crippen LogP contribution in [0.2, 0.25) is 0 Å². The fourth-order valence-corrected chi connectivity index (χ4v) is 2.06. The number of rotatable bonds is 1. The number of aryl methyl sites for hydroxylation is 1. The Hall–Kier alpha value is -0.960. The molecule has 0 amide bonds. The lowest BCUT2D eigenvalue weighted by molar-refractivity contribution is 0.600. The van der Waals surface area contributed by atoms with E-state index in [2.05, 4.69) is 42.1 Å². The molecule has 0 aliphatic carbocycles. The van der Waals surface area contributed by atoms with Crippen LogP contribution in [0.15, 0.2) is 23.1 Å². The van der Waals surface area contributed by atoms with Crippen molar-refractivity contribution < 1.29 is 0 Å². The maximum Gasteiger partial charge on any atom is 0.106 e. The molecule has 1 heterocycles. The number of fused-ring (bicyclic) bond motifs is 1. The molecule has 0 atom stereocenters. The van der Waals surface area contributed by atoms with Gasteiger partial charge in [-0.15, -0.1) is 12.6 Å². The van der Waals surface area contributed by atoms with E-state index in [0.29, 0.717) is 6.04 Å². The van der Waals surface area contributed by atoms with Gasteiger partial charge < -0.3 is 4.57 Å². The van der Waals surface area contributed by atoms with Crippen LogP contribution in [-0.4, -0.2) is 9.55 Å². The van der Waals surface area contributed by atoms with Crippen LogP contribution >= 0.6 is 12.6 Å². The molecule has 74 valence electrons. The minimum absolute atomic E-state index is 0.450. The van der Waals surface area contributed by atoms with Crippen LogP contribution in [0.25, 0.3) is 11.0 Å². The van der Waals surface area contributed by atoms with Crippen LogP contribution in [0.1, 0.15) is 25.7 Å². The molecular formula is C11H14N2S. The van der Waals surface area contributed by atoms with Crippen LogP contribution in [0.4, 0.5) is 0 Å². The van der Waals surface area contributed by atoms with Crippen molar-refractivity contribution in [2.45, 2.75) is 31.7 Å². The third kappa shape index (κ3) is 1.42. The summed E-state index contributed by atoms with van der Waals surface area (Å²) in [7, 11) is 0. The first-order valence-corrected chi connectivity index (χ1v) is 5.22. The molecule has 0 aliphatic rings. The van der Waals surface area contributed by atoms with Crippen molar-refractivity contribution in [3.8, 4) is 0 Å². The smallest absolute Gasteiger partial charge is 0.106 e. The van der Waals surface area contributed by atoms with Gasteiger partial charge in [0.1, 0.15) is 5.82 Å². The number of nitrogens with zero attached hydrogens (tertiary/aromatic N) is 2. The SMILES string of the molecule is Cc1nc2cc(S)ccc2n1C(C)C. The van der Waals surface area contributed by atoms with Crippen molar-refractivity contribution in [1.29, 1.82) is 0 Å². The normalized spacial score (nSPS) is 11.5. The average molecular weight is 206 g/mol. The lowest BCUT2D eigenvalue weighted by atomic mass is 10.3. The van der Waals surface area contributed by atoms with Gasteiger partial charge in [-0.2, -0.15) is 0 Å². The molecule has 0 saturated heterocycles. The maximum absolute atomic E-state index is 4.51. The first kappa shape index (κ1) is 9.59. The van der Waals surface area contributed by atoms with Gasteiger partial charge in [0.25, 0.3) is 0 Å². The number of benzene rings is 1. The van der Waals surface area contributed by atoms with E-state index in [1.54, 1.807) is 0 Å². The zero-order valence-corrected chi connectivity index (χ0v) is 9.55. The van der Waals surface area contributed by atoms with Gasteiger partial charge in [0, 0.05) is 10.9 Å². The van der Waals surface area contributed by atoms with Crippen molar-refractivity contribution in [3.63, 3.8) is 0 Å². The highest BCUT2D eigenvalue weighted by atomic mass is 32.1. The predicted octanol–water partition coefficient (Wildman–Crippen LogP) is 3.21. The Morgan fingerprint density at radius 1 is 1.36 bits per heavy atom. The molecule has 0 spiro atoms. The molecule has 14 heavy (non-hydrogen) atoms. The zero-order valence-electron chi connectivity index (χ0n) is 8.65. The summed E-state index contributed by atoms with van der Waals surface area (Å²) in [6, 6.07) is 6.54. The molecule has 0 fully saturated rings. The highest BCUT2D eigenvalue weighted by Gasteiger charge is 2.09. The minimum Gasteiger partial charge on any atom is -0.326 e. The molecule has 2 nitrogen and oxygen atoms in total.